The molecule has 8 nitrogen and oxygen atoms in total. The monoisotopic (exact) mass is 469 g/mol. The number of carbonyl (C=O) groups is 2. The maximum Gasteiger partial charge on any atom is 0.311 e. The highest BCUT2D eigenvalue weighted by molar-refractivity contribution is 7.91. The average Bonchev–Trinajstić information content (AvgIpc) is 2.82. The fourth-order valence-electron chi connectivity index (χ4n) is 2.96. The number of sulfone groups is 1. The number of nitrogens with one attached hydrogen (secondary N) is 1. The van der Waals surface area contributed by atoms with Gasteiger partial charge in [-0.2, -0.15) is 0 Å². The van der Waals surface area contributed by atoms with E-state index in [-0.39, 0.29) is 17.4 Å². The molecule has 1 atom stereocenters. The number of aliphatic carboxylic acids is 1. The van der Waals surface area contributed by atoms with Gasteiger partial charge >= 0.3 is 5.97 Å². The van der Waals surface area contributed by atoms with Crippen LogP contribution in [0.1, 0.15) is 10.4 Å². The zero-order valence-corrected chi connectivity index (χ0v) is 18.6. The summed E-state index contributed by atoms with van der Waals surface area (Å²) in [6.45, 7) is -0.283. The zero-order valence-electron chi connectivity index (χ0n) is 17.8. The Kier molecular flexibility index (Phi) is 7.68. The predicted molar refractivity (Wildman–Crippen MR) is 123 cm³/mol. The Morgan fingerprint density at radius 3 is 2.12 bits per heavy atom. The summed E-state index contributed by atoms with van der Waals surface area (Å²) in [6.07, 6.45) is 0. The van der Waals surface area contributed by atoms with E-state index in [2.05, 4.69) is 5.32 Å². The van der Waals surface area contributed by atoms with E-state index in [1.165, 1.54) is 31.4 Å². The van der Waals surface area contributed by atoms with Crippen LogP contribution in [0.15, 0.2) is 83.8 Å². The molecule has 0 aromatic heterocycles. The van der Waals surface area contributed by atoms with Crippen LogP contribution in [0.3, 0.4) is 0 Å². The first-order valence-electron chi connectivity index (χ1n) is 9.97. The minimum Gasteiger partial charge on any atom is -0.497 e. The van der Waals surface area contributed by atoms with Gasteiger partial charge in [0.05, 0.1) is 17.8 Å². The fraction of sp³-hybridized carbons (Fsp3) is 0.167. The molecule has 1 amide bonds. The number of carboxylic acid groups (broad SMARTS) is 1. The van der Waals surface area contributed by atoms with Crippen molar-refractivity contribution in [2.24, 2.45) is 5.92 Å². The Morgan fingerprint density at radius 1 is 0.909 bits per heavy atom. The molecule has 0 heterocycles. The molecule has 0 aliphatic heterocycles. The van der Waals surface area contributed by atoms with Gasteiger partial charge < -0.3 is 19.9 Å². The van der Waals surface area contributed by atoms with Crippen molar-refractivity contribution in [3.05, 3.63) is 84.4 Å². The quantitative estimate of drug-likeness (QED) is 0.466. The number of hydrogen-bond donors (Lipinski definition) is 2. The highest BCUT2D eigenvalue weighted by Crippen LogP contribution is 2.20. The number of benzene rings is 3. The van der Waals surface area contributed by atoms with Gasteiger partial charge in [0, 0.05) is 11.3 Å². The van der Waals surface area contributed by atoms with Gasteiger partial charge in [0.2, 0.25) is 0 Å². The van der Waals surface area contributed by atoms with Crippen molar-refractivity contribution in [2.45, 2.75) is 4.90 Å². The molecule has 33 heavy (non-hydrogen) atoms. The molecule has 172 valence electrons. The Balaban J connectivity index is 1.64. The smallest absolute Gasteiger partial charge is 0.311 e. The number of ether oxygens (including phenoxy) is 2. The minimum atomic E-state index is -3.90. The second kappa shape index (κ2) is 10.6. The number of methoxy groups -OCH3 is 1. The number of anilines is 1. The number of amides is 1. The first-order valence-corrected chi connectivity index (χ1v) is 11.6. The van der Waals surface area contributed by atoms with Gasteiger partial charge in [0.15, 0.2) is 9.84 Å². The van der Waals surface area contributed by atoms with Crippen LogP contribution >= 0.6 is 0 Å². The van der Waals surface area contributed by atoms with Crippen LogP contribution in [0.5, 0.6) is 11.5 Å². The second-order valence-electron chi connectivity index (χ2n) is 7.15. The van der Waals surface area contributed by atoms with Crippen LogP contribution in [0, 0.1) is 5.92 Å². The lowest BCUT2D eigenvalue weighted by molar-refractivity contribution is -0.141. The summed E-state index contributed by atoms with van der Waals surface area (Å²) in [4.78, 5) is 23.9. The van der Waals surface area contributed by atoms with Crippen molar-refractivity contribution in [1.29, 1.82) is 0 Å². The van der Waals surface area contributed by atoms with Crippen molar-refractivity contribution < 1.29 is 32.6 Å². The summed E-state index contributed by atoms with van der Waals surface area (Å²) in [5.74, 6) is -2.42. The molecule has 0 aliphatic rings. The first kappa shape index (κ1) is 23.8. The third kappa shape index (κ3) is 6.56. The van der Waals surface area contributed by atoms with E-state index in [0.29, 0.717) is 22.7 Å². The van der Waals surface area contributed by atoms with E-state index in [1.54, 1.807) is 54.6 Å². The highest BCUT2D eigenvalue weighted by atomic mass is 32.2. The maximum atomic E-state index is 12.8. The summed E-state index contributed by atoms with van der Waals surface area (Å²) in [7, 11) is -2.37. The molecule has 0 bridgehead atoms. The molecular weight excluding hydrogens is 446 g/mol. The number of carboxylic acids is 1. The lowest BCUT2D eigenvalue weighted by atomic mass is 10.2. The van der Waals surface area contributed by atoms with E-state index < -0.39 is 27.5 Å². The third-order valence-electron chi connectivity index (χ3n) is 4.79. The van der Waals surface area contributed by atoms with Crippen LogP contribution in [0.25, 0.3) is 0 Å². The summed E-state index contributed by atoms with van der Waals surface area (Å²) < 4.78 is 36.0. The van der Waals surface area contributed by atoms with E-state index in [1.807, 2.05) is 0 Å². The lowest BCUT2D eigenvalue weighted by Crippen LogP contribution is -2.29. The largest absolute Gasteiger partial charge is 0.497 e. The van der Waals surface area contributed by atoms with Gasteiger partial charge in [0.1, 0.15) is 24.0 Å². The van der Waals surface area contributed by atoms with Crippen molar-refractivity contribution >= 4 is 27.4 Å². The zero-order chi connectivity index (χ0) is 23.8. The Hall–Kier alpha value is -3.85. The Bertz CT molecular complexity index is 1190. The summed E-state index contributed by atoms with van der Waals surface area (Å²) >= 11 is 0. The minimum absolute atomic E-state index is 0.0455. The molecule has 3 aromatic carbocycles. The molecule has 0 radical (unpaired) electrons. The molecule has 0 fully saturated rings. The van der Waals surface area contributed by atoms with Gasteiger partial charge in [-0.05, 0) is 60.7 Å². The SMILES string of the molecule is COc1ccc(C(=O)Nc2ccc(S(=O)(=O)CC(COc3ccccc3)C(=O)O)cc2)cc1. The van der Waals surface area contributed by atoms with E-state index in [0.717, 1.165) is 0 Å². The third-order valence-corrected chi connectivity index (χ3v) is 6.62. The molecule has 3 rings (SSSR count). The van der Waals surface area contributed by atoms with Gasteiger partial charge in [-0.1, -0.05) is 18.2 Å². The molecule has 0 saturated carbocycles. The molecule has 2 N–H and O–H groups in total. The average molecular weight is 470 g/mol. The molecule has 0 spiro atoms. The van der Waals surface area contributed by atoms with Gasteiger partial charge in [-0.3, -0.25) is 9.59 Å². The Labute approximate surface area is 191 Å². The first-order chi connectivity index (χ1) is 15.8. The number of rotatable bonds is 10. The van der Waals surface area contributed by atoms with Crippen LogP contribution in [-0.2, 0) is 14.6 Å². The molecule has 0 saturated heterocycles. The molecule has 9 heteroatoms. The predicted octanol–water partition coefficient (Wildman–Crippen LogP) is 3.50. The summed E-state index contributed by atoms with van der Waals surface area (Å²) in [6, 6.07) is 20.7. The molecule has 1 unspecified atom stereocenters. The van der Waals surface area contributed by atoms with Crippen LogP contribution < -0.4 is 14.8 Å². The van der Waals surface area contributed by atoms with Crippen molar-refractivity contribution in [2.75, 3.05) is 24.8 Å². The van der Waals surface area contributed by atoms with Crippen LogP contribution in [0.2, 0.25) is 0 Å². The normalized spacial score (nSPS) is 11.9. The van der Waals surface area contributed by atoms with E-state index >= 15 is 0 Å². The molecular formula is C24H23NO7S. The van der Waals surface area contributed by atoms with Crippen molar-refractivity contribution in [3.63, 3.8) is 0 Å². The van der Waals surface area contributed by atoms with Crippen LogP contribution in [-0.4, -0.2) is 44.9 Å². The van der Waals surface area contributed by atoms with E-state index in [4.69, 9.17) is 9.47 Å². The summed E-state index contributed by atoms with van der Waals surface area (Å²) in [5, 5.41) is 12.1. The number of hydrogen-bond acceptors (Lipinski definition) is 6. The number of para-hydroxylation sites is 1. The summed E-state index contributed by atoms with van der Waals surface area (Å²) in [5.41, 5.74) is 0.812. The van der Waals surface area contributed by atoms with Crippen molar-refractivity contribution in [3.8, 4) is 11.5 Å². The van der Waals surface area contributed by atoms with Gasteiger partial charge in [-0.25, -0.2) is 8.42 Å². The van der Waals surface area contributed by atoms with Gasteiger partial charge in [0.25, 0.3) is 5.91 Å². The number of carbonyl (C=O) groups excluding carboxylic acids is 1. The van der Waals surface area contributed by atoms with Crippen molar-refractivity contribution in [1.82, 2.24) is 0 Å². The molecule has 0 aliphatic carbocycles. The second-order valence-corrected chi connectivity index (χ2v) is 9.18. The lowest BCUT2D eigenvalue weighted by Gasteiger charge is -2.14. The highest BCUT2D eigenvalue weighted by Gasteiger charge is 2.27. The molecule has 3 aromatic rings. The van der Waals surface area contributed by atoms with Crippen LogP contribution in [0.4, 0.5) is 5.69 Å². The maximum absolute atomic E-state index is 12.8. The topological polar surface area (TPSA) is 119 Å². The van der Waals surface area contributed by atoms with Gasteiger partial charge in [-0.15, -0.1) is 0 Å². The standard InChI is InChI=1S/C24H23NO7S/c1-31-20-11-7-17(8-12-20)23(26)25-19-9-13-22(14-10-19)33(29,30)16-18(24(27)28)15-32-21-5-3-2-4-6-21/h2-14,18H,15-16H2,1H3,(H,25,26)(H,27,28). The fourth-order valence-corrected chi connectivity index (χ4v) is 4.47. The Morgan fingerprint density at radius 2 is 1.55 bits per heavy atom. The van der Waals surface area contributed by atoms with E-state index in [9.17, 15) is 23.1 Å².